The quantitative estimate of drug-likeness (QED) is 0.571. The van der Waals surface area contributed by atoms with Gasteiger partial charge in [0, 0.05) is 25.9 Å². The molecule has 0 aromatic heterocycles. The zero-order valence-electron chi connectivity index (χ0n) is 21.2. The third-order valence-electron chi connectivity index (χ3n) is 6.66. The highest BCUT2D eigenvalue weighted by molar-refractivity contribution is 5.88. The molecular weight excluding hydrogens is 426 g/mol. The van der Waals surface area contributed by atoms with Crippen LogP contribution in [0, 0.1) is 5.92 Å². The third-order valence-corrected chi connectivity index (χ3v) is 6.66. The largest absolute Gasteiger partial charge is 0.497 e. The van der Waals surface area contributed by atoms with Gasteiger partial charge in [-0.1, -0.05) is 64.1 Å². The average molecular weight is 466 g/mol. The lowest BCUT2D eigenvalue weighted by atomic mass is 9.92. The highest BCUT2D eigenvalue weighted by Crippen LogP contribution is 2.27. The van der Waals surface area contributed by atoms with E-state index in [2.05, 4.69) is 42.3 Å². The molecule has 0 saturated heterocycles. The first-order chi connectivity index (χ1) is 16.4. The molecule has 1 N–H and O–H groups in total. The van der Waals surface area contributed by atoms with E-state index in [-0.39, 0.29) is 23.8 Å². The van der Waals surface area contributed by atoms with Crippen LogP contribution in [0.5, 0.6) is 5.75 Å². The standard InChI is InChI=1S/C28H39N3O3/c1-6-30(7-2)26(22-13-10-14-24(16-22)34-5)18-29-28(33)25-17-21-11-8-9-12-23(21)19-31(25)27(32)15-20(3)4/h8-14,16,20,25-26H,6-7,15,17-19H2,1-5H3,(H,29,33). The van der Waals surface area contributed by atoms with Crippen LogP contribution in [0.4, 0.5) is 0 Å². The summed E-state index contributed by atoms with van der Waals surface area (Å²) in [6, 6.07) is 15.7. The molecule has 0 aliphatic carbocycles. The van der Waals surface area contributed by atoms with Crippen LogP contribution in [-0.4, -0.2) is 54.4 Å². The molecule has 2 aromatic carbocycles. The van der Waals surface area contributed by atoms with Crippen molar-refractivity contribution in [2.75, 3.05) is 26.7 Å². The van der Waals surface area contributed by atoms with Gasteiger partial charge in [0.2, 0.25) is 11.8 Å². The molecule has 0 bridgehead atoms. The number of carbonyl (C=O) groups excluding carboxylic acids is 2. The Morgan fingerprint density at radius 1 is 1.09 bits per heavy atom. The number of hydrogen-bond donors (Lipinski definition) is 1. The van der Waals surface area contributed by atoms with Gasteiger partial charge in [-0.15, -0.1) is 0 Å². The maximum atomic E-state index is 13.5. The minimum absolute atomic E-state index is 0.0183. The molecule has 6 nitrogen and oxygen atoms in total. The highest BCUT2D eigenvalue weighted by atomic mass is 16.5. The summed E-state index contributed by atoms with van der Waals surface area (Å²) in [7, 11) is 1.66. The van der Waals surface area contributed by atoms with Gasteiger partial charge in [-0.3, -0.25) is 14.5 Å². The summed E-state index contributed by atoms with van der Waals surface area (Å²) in [5.74, 6) is 0.994. The summed E-state index contributed by atoms with van der Waals surface area (Å²) < 4.78 is 5.43. The molecule has 2 atom stereocenters. The van der Waals surface area contributed by atoms with E-state index >= 15 is 0 Å². The lowest BCUT2D eigenvalue weighted by molar-refractivity contribution is -0.142. The van der Waals surface area contributed by atoms with Crippen molar-refractivity contribution in [2.45, 2.75) is 59.2 Å². The van der Waals surface area contributed by atoms with Gasteiger partial charge in [0.1, 0.15) is 11.8 Å². The van der Waals surface area contributed by atoms with Crippen LogP contribution in [0.1, 0.15) is 56.8 Å². The smallest absolute Gasteiger partial charge is 0.243 e. The van der Waals surface area contributed by atoms with Crippen LogP contribution in [-0.2, 0) is 22.6 Å². The molecule has 0 saturated carbocycles. The second kappa shape index (κ2) is 12.0. The normalized spacial score (nSPS) is 16.3. The second-order valence-electron chi connectivity index (χ2n) is 9.37. The first kappa shape index (κ1) is 25.8. The molecule has 1 heterocycles. The van der Waals surface area contributed by atoms with Gasteiger partial charge in [-0.25, -0.2) is 0 Å². The molecule has 0 radical (unpaired) electrons. The number of ether oxygens (including phenoxy) is 1. The van der Waals surface area contributed by atoms with Crippen molar-refractivity contribution in [3.05, 3.63) is 65.2 Å². The molecular formula is C28H39N3O3. The van der Waals surface area contributed by atoms with Crippen LogP contribution in [0.2, 0.25) is 0 Å². The number of rotatable bonds is 10. The Balaban J connectivity index is 1.81. The molecule has 184 valence electrons. The summed E-state index contributed by atoms with van der Waals surface area (Å²) in [4.78, 5) is 30.7. The van der Waals surface area contributed by atoms with Gasteiger partial charge in [0.25, 0.3) is 0 Å². The first-order valence-electron chi connectivity index (χ1n) is 12.4. The predicted molar refractivity (Wildman–Crippen MR) is 136 cm³/mol. The molecule has 0 fully saturated rings. The number of benzene rings is 2. The van der Waals surface area contributed by atoms with E-state index in [1.807, 2.05) is 44.2 Å². The van der Waals surface area contributed by atoms with Crippen molar-refractivity contribution in [3.8, 4) is 5.75 Å². The Hall–Kier alpha value is -2.86. The molecule has 2 unspecified atom stereocenters. The lowest BCUT2D eigenvalue weighted by Crippen LogP contribution is -2.53. The third kappa shape index (κ3) is 6.17. The fourth-order valence-electron chi connectivity index (χ4n) is 4.77. The zero-order chi connectivity index (χ0) is 24.7. The van der Waals surface area contributed by atoms with E-state index in [4.69, 9.17) is 4.74 Å². The van der Waals surface area contributed by atoms with E-state index in [9.17, 15) is 9.59 Å². The van der Waals surface area contributed by atoms with Crippen LogP contribution >= 0.6 is 0 Å². The number of fused-ring (bicyclic) bond motifs is 1. The van der Waals surface area contributed by atoms with Gasteiger partial charge in [-0.2, -0.15) is 0 Å². The van der Waals surface area contributed by atoms with Gasteiger partial charge in [-0.05, 0) is 47.8 Å². The Kier molecular flexibility index (Phi) is 9.11. The van der Waals surface area contributed by atoms with Crippen LogP contribution < -0.4 is 10.1 Å². The number of amides is 2. The van der Waals surface area contributed by atoms with E-state index in [0.29, 0.717) is 25.9 Å². The number of nitrogens with one attached hydrogen (secondary N) is 1. The summed E-state index contributed by atoms with van der Waals surface area (Å²) in [5.41, 5.74) is 3.37. The Bertz CT molecular complexity index is 971. The van der Waals surface area contributed by atoms with E-state index < -0.39 is 6.04 Å². The Morgan fingerprint density at radius 2 is 1.79 bits per heavy atom. The van der Waals surface area contributed by atoms with Crippen LogP contribution in [0.3, 0.4) is 0 Å². The first-order valence-corrected chi connectivity index (χ1v) is 12.4. The fraction of sp³-hybridized carbons (Fsp3) is 0.500. The van der Waals surface area contributed by atoms with Crippen molar-refractivity contribution < 1.29 is 14.3 Å². The number of carbonyl (C=O) groups is 2. The predicted octanol–water partition coefficient (Wildman–Crippen LogP) is 4.19. The number of likely N-dealkylation sites (N-methyl/N-ethyl adjacent to an activating group) is 1. The number of hydrogen-bond acceptors (Lipinski definition) is 4. The van der Waals surface area contributed by atoms with E-state index in [0.717, 1.165) is 35.5 Å². The maximum absolute atomic E-state index is 13.5. The second-order valence-corrected chi connectivity index (χ2v) is 9.37. The molecule has 6 heteroatoms. The lowest BCUT2D eigenvalue weighted by Gasteiger charge is -2.37. The van der Waals surface area contributed by atoms with Gasteiger partial charge in [0.15, 0.2) is 0 Å². The van der Waals surface area contributed by atoms with Gasteiger partial charge >= 0.3 is 0 Å². The molecule has 2 amide bonds. The van der Waals surface area contributed by atoms with Crippen LogP contribution in [0.15, 0.2) is 48.5 Å². The van der Waals surface area contributed by atoms with Crippen molar-refractivity contribution in [2.24, 2.45) is 5.92 Å². The molecule has 1 aliphatic rings. The number of methoxy groups -OCH3 is 1. The van der Waals surface area contributed by atoms with Gasteiger partial charge < -0.3 is 15.0 Å². The summed E-state index contributed by atoms with van der Waals surface area (Å²) >= 11 is 0. The minimum Gasteiger partial charge on any atom is -0.497 e. The summed E-state index contributed by atoms with van der Waals surface area (Å²) in [5, 5.41) is 3.19. The van der Waals surface area contributed by atoms with E-state index in [1.165, 1.54) is 0 Å². The SMILES string of the molecule is CCN(CC)C(CNC(=O)C1Cc2ccccc2CN1C(=O)CC(C)C)c1cccc(OC)c1. The molecule has 3 rings (SSSR count). The van der Waals surface area contributed by atoms with Crippen molar-refractivity contribution in [1.29, 1.82) is 0 Å². The van der Waals surface area contributed by atoms with Crippen molar-refractivity contribution in [3.63, 3.8) is 0 Å². The Morgan fingerprint density at radius 3 is 2.44 bits per heavy atom. The van der Waals surface area contributed by atoms with Gasteiger partial charge in [0.05, 0.1) is 13.2 Å². The minimum atomic E-state index is -0.496. The average Bonchev–Trinajstić information content (AvgIpc) is 2.85. The Labute approximate surface area is 204 Å². The topological polar surface area (TPSA) is 61.9 Å². The molecule has 2 aromatic rings. The molecule has 34 heavy (non-hydrogen) atoms. The fourth-order valence-corrected chi connectivity index (χ4v) is 4.77. The zero-order valence-corrected chi connectivity index (χ0v) is 21.2. The highest BCUT2D eigenvalue weighted by Gasteiger charge is 2.35. The molecule has 1 aliphatic heterocycles. The summed E-state index contributed by atoms with van der Waals surface area (Å²) in [6.45, 7) is 11.0. The van der Waals surface area contributed by atoms with Crippen molar-refractivity contribution in [1.82, 2.24) is 15.1 Å². The summed E-state index contributed by atoms with van der Waals surface area (Å²) in [6.07, 6.45) is 0.985. The van der Waals surface area contributed by atoms with Crippen molar-refractivity contribution >= 4 is 11.8 Å². The maximum Gasteiger partial charge on any atom is 0.243 e. The number of nitrogens with zero attached hydrogens (tertiary/aromatic N) is 2. The van der Waals surface area contributed by atoms with Crippen LogP contribution in [0.25, 0.3) is 0 Å². The monoisotopic (exact) mass is 465 g/mol. The van der Waals surface area contributed by atoms with E-state index in [1.54, 1.807) is 12.0 Å². The molecule has 0 spiro atoms.